The molecule has 0 aromatic carbocycles. The molecule has 1 aliphatic rings. The maximum absolute atomic E-state index is 3.18. The summed E-state index contributed by atoms with van der Waals surface area (Å²) in [5, 5.41) is 6.35. The van der Waals surface area contributed by atoms with Gasteiger partial charge in [0.2, 0.25) is 0 Å². The van der Waals surface area contributed by atoms with Crippen molar-refractivity contribution in [3.05, 3.63) is 0 Å². The fourth-order valence-electron chi connectivity index (χ4n) is 0.833. The molecule has 0 aromatic heterocycles. The van der Waals surface area contributed by atoms with Gasteiger partial charge < -0.3 is 10.6 Å². The van der Waals surface area contributed by atoms with E-state index in [1.807, 2.05) is 14.1 Å². The molecule has 0 amide bonds. The average molecular weight is 100 g/mol. The maximum atomic E-state index is 3.18. The molecular weight excluding hydrogens is 88.1 g/mol. The monoisotopic (exact) mass is 100 g/mol. The highest BCUT2D eigenvalue weighted by molar-refractivity contribution is 4.97. The predicted molar refractivity (Wildman–Crippen MR) is 30.3 cm³/mol. The summed E-state index contributed by atoms with van der Waals surface area (Å²) >= 11 is 0. The van der Waals surface area contributed by atoms with Gasteiger partial charge in [-0.3, -0.25) is 0 Å². The molecule has 1 aliphatic carbocycles. The summed E-state index contributed by atoms with van der Waals surface area (Å²) in [6.45, 7) is 0. The smallest absolute Gasteiger partial charge is 0.0234 e. The van der Waals surface area contributed by atoms with Gasteiger partial charge in [0.1, 0.15) is 0 Å². The van der Waals surface area contributed by atoms with E-state index in [1.165, 1.54) is 6.42 Å². The zero-order chi connectivity index (χ0) is 5.28. The lowest BCUT2D eigenvalue weighted by atomic mass is 10.6. The molecule has 2 nitrogen and oxygen atoms in total. The second-order valence-electron chi connectivity index (χ2n) is 2.03. The molecule has 42 valence electrons. The first-order valence-electron chi connectivity index (χ1n) is 2.73. The Kier molecular flexibility index (Phi) is 1.30. The van der Waals surface area contributed by atoms with Gasteiger partial charge in [-0.2, -0.15) is 0 Å². The largest absolute Gasteiger partial charge is 0.315 e. The summed E-state index contributed by atoms with van der Waals surface area (Å²) in [6, 6.07) is 1.51. The lowest BCUT2D eigenvalue weighted by Crippen LogP contribution is -2.21. The molecule has 1 fully saturated rings. The number of hydrogen-bond donors (Lipinski definition) is 2. The fourth-order valence-corrected chi connectivity index (χ4v) is 0.833. The molecule has 1 rings (SSSR count). The van der Waals surface area contributed by atoms with Crippen molar-refractivity contribution in [2.45, 2.75) is 18.5 Å². The minimum Gasteiger partial charge on any atom is -0.315 e. The third-order valence-electron chi connectivity index (χ3n) is 1.53. The van der Waals surface area contributed by atoms with E-state index >= 15 is 0 Å². The van der Waals surface area contributed by atoms with E-state index in [0.29, 0.717) is 0 Å². The van der Waals surface area contributed by atoms with Crippen molar-refractivity contribution >= 4 is 0 Å². The molecule has 0 spiro atoms. The average Bonchev–Trinajstić information content (AvgIpc) is 2.43. The van der Waals surface area contributed by atoms with Gasteiger partial charge in [-0.15, -0.1) is 0 Å². The van der Waals surface area contributed by atoms with Crippen LogP contribution in [0.2, 0.25) is 0 Å². The Morgan fingerprint density at radius 2 is 1.57 bits per heavy atom. The third-order valence-corrected chi connectivity index (χ3v) is 1.53. The molecule has 2 N–H and O–H groups in total. The second-order valence-corrected chi connectivity index (χ2v) is 2.03. The first-order chi connectivity index (χ1) is 3.38. The SMILES string of the molecule is CNC1C[C@H]1NC. The van der Waals surface area contributed by atoms with Gasteiger partial charge in [-0.25, -0.2) is 0 Å². The summed E-state index contributed by atoms with van der Waals surface area (Å²) in [7, 11) is 4.00. The maximum Gasteiger partial charge on any atom is 0.0234 e. The predicted octanol–water partition coefficient (Wildman–Crippen LogP) is -0.434. The number of hydrogen-bond acceptors (Lipinski definition) is 2. The molecular formula is C5H12N2. The first kappa shape index (κ1) is 5.06. The lowest BCUT2D eigenvalue weighted by molar-refractivity contribution is 0.708. The van der Waals surface area contributed by atoms with Gasteiger partial charge in [0.15, 0.2) is 0 Å². The highest BCUT2D eigenvalue weighted by atomic mass is 15.1. The normalized spacial score (nSPS) is 38.6. The third kappa shape index (κ3) is 0.924. The topological polar surface area (TPSA) is 24.1 Å². The van der Waals surface area contributed by atoms with E-state index in [0.717, 1.165) is 12.1 Å². The van der Waals surface area contributed by atoms with Gasteiger partial charge >= 0.3 is 0 Å². The molecule has 1 saturated carbocycles. The van der Waals surface area contributed by atoms with Crippen molar-refractivity contribution in [1.29, 1.82) is 0 Å². The van der Waals surface area contributed by atoms with Crippen molar-refractivity contribution in [2.24, 2.45) is 0 Å². The molecule has 0 heterocycles. The van der Waals surface area contributed by atoms with Crippen molar-refractivity contribution in [2.75, 3.05) is 14.1 Å². The number of likely N-dealkylation sites (N-methyl/N-ethyl adjacent to an activating group) is 2. The molecule has 0 bridgehead atoms. The van der Waals surface area contributed by atoms with Crippen molar-refractivity contribution < 1.29 is 0 Å². The minimum absolute atomic E-state index is 0.755. The Balaban J connectivity index is 2.06. The Bertz CT molecular complexity index is 55.1. The fraction of sp³-hybridized carbons (Fsp3) is 1.00. The molecule has 7 heavy (non-hydrogen) atoms. The number of nitrogens with one attached hydrogen (secondary N) is 2. The van der Waals surface area contributed by atoms with Crippen LogP contribution in [0.25, 0.3) is 0 Å². The zero-order valence-corrected chi connectivity index (χ0v) is 4.86. The summed E-state index contributed by atoms with van der Waals surface area (Å²) in [5.74, 6) is 0. The van der Waals surface area contributed by atoms with Gasteiger partial charge in [0, 0.05) is 12.1 Å². The van der Waals surface area contributed by atoms with E-state index < -0.39 is 0 Å². The van der Waals surface area contributed by atoms with Crippen LogP contribution in [0.1, 0.15) is 6.42 Å². The van der Waals surface area contributed by atoms with E-state index in [1.54, 1.807) is 0 Å². The van der Waals surface area contributed by atoms with Crippen LogP contribution in [0.5, 0.6) is 0 Å². The van der Waals surface area contributed by atoms with Crippen LogP contribution in [-0.2, 0) is 0 Å². The van der Waals surface area contributed by atoms with E-state index in [4.69, 9.17) is 0 Å². The quantitative estimate of drug-likeness (QED) is 0.492. The Hall–Kier alpha value is -0.0800. The van der Waals surface area contributed by atoms with Crippen molar-refractivity contribution in [3.63, 3.8) is 0 Å². The lowest BCUT2D eigenvalue weighted by Gasteiger charge is -1.91. The van der Waals surface area contributed by atoms with Crippen molar-refractivity contribution in [3.8, 4) is 0 Å². The molecule has 0 aromatic rings. The number of rotatable bonds is 2. The standard InChI is InChI=1S/C5H12N2/c1-6-4-3-5(4)7-2/h4-7H,3H2,1-2H3/t4-,5?/m1/s1. The minimum atomic E-state index is 0.755. The van der Waals surface area contributed by atoms with Crippen LogP contribution in [0.15, 0.2) is 0 Å². The molecule has 0 radical (unpaired) electrons. The van der Waals surface area contributed by atoms with Crippen LogP contribution in [-0.4, -0.2) is 26.2 Å². The molecule has 0 saturated heterocycles. The summed E-state index contributed by atoms with van der Waals surface area (Å²) in [5.41, 5.74) is 0. The zero-order valence-electron chi connectivity index (χ0n) is 4.86. The second kappa shape index (κ2) is 1.80. The summed E-state index contributed by atoms with van der Waals surface area (Å²) in [6.07, 6.45) is 1.30. The Morgan fingerprint density at radius 1 is 1.14 bits per heavy atom. The molecule has 0 aliphatic heterocycles. The Labute approximate surface area is 44.3 Å². The molecule has 2 atom stereocenters. The van der Waals surface area contributed by atoms with Crippen LogP contribution >= 0.6 is 0 Å². The van der Waals surface area contributed by atoms with Gasteiger partial charge in [-0.05, 0) is 20.5 Å². The highest BCUT2D eigenvalue weighted by Crippen LogP contribution is 2.18. The highest BCUT2D eigenvalue weighted by Gasteiger charge is 2.33. The van der Waals surface area contributed by atoms with Crippen LogP contribution in [0.3, 0.4) is 0 Å². The van der Waals surface area contributed by atoms with Crippen LogP contribution in [0, 0.1) is 0 Å². The molecule has 2 heteroatoms. The molecule has 1 unspecified atom stereocenters. The van der Waals surface area contributed by atoms with Gasteiger partial charge in [0.05, 0.1) is 0 Å². The van der Waals surface area contributed by atoms with E-state index in [9.17, 15) is 0 Å². The van der Waals surface area contributed by atoms with E-state index in [-0.39, 0.29) is 0 Å². The Morgan fingerprint density at radius 3 is 1.71 bits per heavy atom. The van der Waals surface area contributed by atoms with Crippen LogP contribution in [0.4, 0.5) is 0 Å². The van der Waals surface area contributed by atoms with Gasteiger partial charge in [-0.1, -0.05) is 0 Å². The summed E-state index contributed by atoms with van der Waals surface area (Å²) in [4.78, 5) is 0. The van der Waals surface area contributed by atoms with Crippen LogP contribution < -0.4 is 10.6 Å². The van der Waals surface area contributed by atoms with E-state index in [2.05, 4.69) is 10.6 Å². The van der Waals surface area contributed by atoms with Gasteiger partial charge in [0.25, 0.3) is 0 Å². The van der Waals surface area contributed by atoms with Crippen molar-refractivity contribution in [1.82, 2.24) is 10.6 Å². The summed E-state index contributed by atoms with van der Waals surface area (Å²) < 4.78 is 0. The first-order valence-corrected chi connectivity index (χ1v) is 2.73.